The van der Waals surface area contributed by atoms with E-state index in [1.165, 1.54) is 6.33 Å². The highest BCUT2D eigenvalue weighted by Gasteiger charge is 1.94. The molecule has 1 heterocycles. The predicted molar refractivity (Wildman–Crippen MR) is 70.3 cm³/mol. The van der Waals surface area contributed by atoms with Crippen molar-refractivity contribution in [3.05, 3.63) is 54.6 Å². The van der Waals surface area contributed by atoms with E-state index in [-0.39, 0.29) is 0 Å². The van der Waals surface area contributed by atoms with Gasteiger partial charge in [-0.05, 0) is 25.1 Å². The van der Waals surface area contributed by atoms with Crippen molar-refractivity contribution in [2.24, 2.45) is 0 Å². The lowest BCUT2D eigenvalue weighted by Crippen LogP contribution is -2.17. The van der Waals surface area contributed by atoms with Crippen molar-refractivity contribution in [2.75, 3.05) is 13.2 Å². The van der Waals surface area contributed by atoms with Crippen LogP contribution < -0.4 is 10.1 Å². The van der Waals surface area contributed by atoms with Gasteiger partial charge in [-0.1, -0.05) is 18.2 Å². The monoisotopic (exact) mass is 243 g/mol. The molecule has 18 heavy (non-hydrogen) atoms. The zero-order valence-electron chi connectivity index (χ0n) is 10.2. The van der Waals surface area contributed by atoms with Crippen molar-refractivity contribution in [1.82, 2.24) is 15.3 Å². The summed E-state index contributed by atoms with van der Waals surface area (Å²) in [5, 5.41) is 3.33. The first kappa shape index (κ1) is 12.5. The topological polar surface area (TPSA) is 47.0 Å². The Labute approximate surface area is 107 Å². The molecule has 1 aromatic carbocycles. The molecule has 0 amide bonds. The van der Waals surface area contributed by atoms with Crippen molar-refractivity contribution < 1.29 is 4.74 Å². The fourth-order valence-electron chi connectivity index (χ4n) is 1.56. The number of nitrogens with zero attached hydrogens (tertiary/aromatic N) is 2. The van der Waals surface area contributed by atoms with E-state index in [0.29, 0.717) is 0 Å². The number of hydrogen-bond acceptors (Lipinski definition) is 4. The third kappa shape index (κ3) is 4.51. The van der Waals surface area contributed by atoms with Crippen LogP contribution in [-0.2, 0) is 6.54 Å². The average molecular weight is 243 g/mol. The summed E-state index contributed by atoms with van der Waals surface area (Å²) in [5.41, 5.74) is 1.10. The van der Waals surface area contributed by atoms with Gasteiger partial charge in [0.05, 0.1) is 6.61 Å². The molecule has 2 rings (SSSR count). The second kappa shape index (κ2) is 7.40. The zero-order valence-corrected chi connectivity index (χ0v) is 10.2. The van der Waals surface area contributed by atoms with Crippen LogP contribution in [0.3, 0.4) is 0 Å². The van der Waals surface area contributed by atoms with Crippen LogP contribution in [0, 0.1) is 0 Å². The van der Waals surface area contributed by atoms with Crippen LogP contribution in [0.4, 0.5) is 0 Å². The van der Waals surface area contributed by atoms with E-state index in [1.54, 1.807) is 0 Å². The molecule has 0 unspecified atom stereocenters. The molecule has 0 aliphatic carbocycles. The second-order valence-corrected chi connectivity index (χ2v) is 3.94. The lowest BCUT2D eigenvalue weighted by Gasteiger charge is -2.06. The van der Waals surface area contributed by atoms with Gasteiger partial charge in [0, 0.05) is 24.5 Å². The zero-order chi connectivity index (χ0) is 12.5. The Morgan fingerprint density at radius 3 is 2.61 bits per heavy atom. The summed E-state index contributed by atoms with van der Waals surface area (Å²) in [6, 6.07) is 9.87. The third-order valence-electron chi connectivity index (χ3n) is 2.45. The Bertz CT molecular complexity index is 390. The quantitative estimate of drug-likeness (QED) is 0.756. The highest BCUT2D eigenvalue weighted by atomic mass is 16.5. The molecule has 4 nitrogen and oxygen atoms in total. The van der Waals surface area contributed by atoms with Gasteiger partial charge >= 0.3 is 0 Å². The van der Waals surface area contributed by atoms with Gasteiger partial charge in [0.1, 0.15) is 12.1 Å². The highest BCUT2D eigenvalue weighted by Crippen LogP contribution is 2.07. The number of para-hydroxylation sites is 1. The van der Waals surface area contributed by atoms with E-state index in [0.717, 1.165) is 37.4 Å². The molecule has 1 aromatic heterocycles. The van der Waals surface area contributed by atoms with Crippen LogP contribution in [0.25, 0.3) is 0 Å². The summed E-state index contributed by atoms with van der Waals surface area (Å²) in [4.78, 5) is 7.93. The molecular formula is C14H17N3O. The summed E-state index contributed by atoms with van der Waals surface area (Å²) in [7, 11) is 0. The highest BCUT2D eigenvalue weighted by molar-refractivity contribution is 5.20. The van der Waals surface area contributed by atoms with Crippen LogP contribution in [0.15, 0.2) is 49.1 Å². The van der Waals surface area contributed by atoms with Crippen LogP contribution in [0.5, 0.6) is 5.75 Å². The molecule has 0 aliphatic heterocycles. The number of nitrogens with one attached hydrogen (secondary N) is 1. The van der Waals surface area contributed by atoms with Gasteiger partial charge in [0.2, 0.25) is 0 Å². The minimum Gasteiger partial charge on any atom is -0.494 e. The molecular weight excluding hydrogens is 226 g/mol. The first-order valence-corrected chi connectivity index (χ1v) is 6.07. The Morgan fingerprint density at radius 2 is 1.83 bits per heavy atom. The Morgan fingerprint density at radius 1 is 1.06 bits per heavy atom. The molecule has 0 radical (unpaired) electrons. The molecule has 0 fully saturated rings. The van der Waals surface area contributed by atoms with Gasteiger partial charge in [-0.25, -0.2) is 9.97 Å². The second-order valence-electron chi connectivity index (χ2n) is 3.94. The summed E-state index contributed by atoms with van der Waals surface area (Å²) >= 11 is 0. The van der Waals surface area contributed by atoms with Crippen LogP contribution in [0.1, 0.15) is 12.0 Å². The number of aromatic nitrogens is 2. The Hall–Kier alpha value is -1.94. The SMILES string of the molecule is c1ccc(OCCCNCc2cncnc2)cc1. The minimum absolute atomic E-state index is 0.725. The molecule has 1 N–H and O–H groups in total. The van der Waals surface area contributed by atoms with E-state index in [2.05, 4.69) is 15.3 Å². The molecule has 0 atom stereocenters. The largest absolute Gasteiger partial charge is 0.494 e. The van der Waals surface area contributed by atoms with Crippen molar-refractivity contribution in [3.8, 4) is 5.75 Å². The van der Waals surface area contributed by atoms with Gasteiger partial charge in [0.25, 0.3) is 0 Å². The van der Waals surface area contributed by atoms with E-state index in [9.17, 15) is 0 Å². The fraction of sp³-hybridized carbons (Fsp3) is 0.286. The number of benzene rings is 1. The van der Waals surface area contributed by atoms with Gasteiger partial charge < -0.3 is 10.1 Å². The average Bonchev–Trinajstić information content (AvgIpc) is 2.45. The molecule has 2 aromatic rings. The molecule has 94 valence electrons. The third-order valence-corrected chi connectivity index (χ3v) is 2.45. The van der Waals surface area contributed by atoms with Gasteiger partial charge in [-0.3, -0.25) is 0 Å². The molecule has 0 spiro atoms. The predicted octanol–water partition coefficient (Wildman–Crippen LogP) is 2.04. The normalized spacial score (nSPS) is 10.2. The van der Waals surface area contributed by atoms with E-state index >= 15 is 0 Å². The van der Waals surface area contributed by atoms with Gasteiger partial charge in [-0.2, -0.15) is 0 Å². The van der Waals surface area contributed by atoms with E-state index in [4.69, 9.17) is 4.74 Å². The summed E-state index contributed by atoms with van der Waals surface area (Å²) < 4.78 is 5.59. The maximum atomic E-state index is 5.59. The summed E-state index contributed by atoms with van der Waals surface area (Å²) in [6.07, 6.45) is 6.15. The molecule has 0 saturated carbocycles. The first-order valence-electron chi connectivity index (χ1n) is 6.07. The van der Waals surface area contributed by atoms with E-state index in [1.807, 2.05) is 42.7 Å². The number of rotatable bonds is 7. The van der Waals surface area contributed by atoms with Gasteiger partial charge in [-0.15, -0.1) is 0 Å². The smallest absolute Gasteiger partial charge is 0.119 e. The maximum absolute atomic E-state index is 5.59. The molecule has 0 aliphatic rings. The standard InChI is InChI=1S/C14H17N3O/c1-2-5-14(6-3-1)18-8-4-7-15-9-13-10-16-12-17-11-13/h1-3,5-6,10-12,15H,4,7-9H2. The van der Waals surface area contributed by atoms with Crippen LogP contribution >= 0.6 is 0 Å². The van der Waals surface area contributed by atoms with Crippen molar-refractivity contribution >= 4 is 0 Å². The van der Waals surface area contributed by atoms with Crippen LogP contribution in [0.2, 0.25) is 0 Å². The minimum atomic E-state index is 0.725. The van der Waals surface area contributed by atoms with E-state index < -0.39 is 0 Å². The van der Waals surface area contributed by atoms with Crippen molar-refractivity contribution in [1.29, 1.82) is 0 Å². The van der Waals surface area contributed by atoms with Crippen molar-refractivity contribution in [3.63, 3.8) is 0 Å². The van der Waals surface area contributed by atoms with Gasteiger partial charge in [0.15, 0.2) is 0 Å². The fourth-order valence-corrected chi connectivity index (χ4v) is 1.56. The number of ether oxygens (including phenoxy) is 1. The Kier molecular flexibility index (Phi) is 5.14. The molecule has 4 heteroatoms. The van der Waals surface area contributed by atoms with Crippen LogP contribution in [-0.4, -0.2) is 23.1 Å². The maximum Gasteiger partial charge on any atom is 0.119 e. The lowest BCUT2D eigenvalue weighted by molar-refractivity contribution is 0.308. The molecule has 0 bridgehead atoms. The first-order chi connectivity index (χ1) is 8.95. The Balaban J connectivity index is 1.54. The van der Waals surface area contributed by atoms with Crippen molar-refractivity contribution in [2.45, 2.75) is 13.0 Å². The number of hydrogen-bond donors (Lipinski definition) is 1. The summed E-state index contributed by atoms with van der Waals surface area (Å²) in [6.45, 7) is 2.44. The summed E-state index contributed by atoms with van der Waals surface area (Å²) in [5.74, 6) is 0.925. The lowest BCUT2D eigenvalue weighted by atomic mass is 10.3. The molecule has 0 saturated heterocycles.